The molecule has 0 aliphatic carbocycles. The average Bonchev–Trinajstić information content (AvgIpc) is 2.84. The number of nitrogens with one attached hydrogen (secondary N) is 1. The number of piperidine rings is 1. The van der Waals surface area contributed by atoms with E-state index in [1.165, 1.54) is 5.56 Å². The Morgan fingerprint density at radius 1 is 1.18 bits per heavy atom. The molecule has 2 atom stereocenters. The summed E-state index contributed by atoms with van der Waals surface area (Å²) in [7, 11) is 0. The highest BCUT2D eigenvalue weighted by Crippen LogP contribution is 2.39. The summed E-state index contributed by atoms with van der Waals surface area (Å²) in [6.45, 7) is 4.59. The van der Waals surface area contributed by atoms with E-state index in [9.17, 15) is 0 Å². The van der Waals surface area contributed by atoms with Crippen LogP contribution < -0.4 is 5.32 Å². The van der Waals surface area contributed by atoms with Gasteiger partial charge in [-0.15, -0.1) is 0 Å². The SMILES string of the molecule is C[C@@H]1CN[C@@H](c2ccccc2)CC12OCCO2. The minimum atomic E-state index is -0.355. The van der Waals surface area contributed by atoms with E-state index in [1.807, 2.05) is 6.07 Å². The van der Waals surface area contributed by atoms with Crippen LogP contribution in [-0.2, 0) is 9.47 Å². The fourth-order valence-corrected chi connectivity index (χ4v) is 2.83. The molecule has 2 saturated heterocycles. The zero-order valence-corrected chi connectivity index (χ0v) is 10.2. The summed E-state index contributed by atoms with van der Waals surface area (Å²) in [6.07, 6.45) is 0.901. The van der Waals surface area contributed by atoms with Gasteiger partial charge in [0.2, 0.25) is 0 Å². The number of benzene rings is 1. The quantitative estimate of drug-likeness (QED) is 0.805. The Morgan fingerprint density at radius 3 is 2.59 bits per heavy atom. The summed E-state index contributed by atoms with van der Waals surface area (Å²) in [5.41, 5.74) is 1.32. The summed E-state index contributed by atoms with van der Waals surface area (Å²) in [5.74, 6) is 0.0520. The fourth-order valence-electron chi connectivity index (χ4n) is 2.83. The van der Waals surface area contributed by atoms with E-state index in [2.05, 4.69) is 36.5 Å². The van der Waals surface area contributed by atoms with Gasteiger partial charge in [-0.3, -0.25) is 0 Å². The Bertz CT molecular complexity index is 373. The third kappa shape index (κ3) is 1.99. The molecule has 1 aromatic carbocycles. The summed E-state index contributed by atoms with van der Waals surface area (Å²) < 4.78 is 11.8. The van der Waals surface area contributed by atoms with Gasteiger partial charge < -0.3 is 14.8 Å². The van der Waals surface area contributed by atoms with E-state index >= 15 is 0 Å². The lowest BCUT2D eigenvalue weighted by Crippen LogP contribution is -2.51. The highest BCUT2D eigenvalue weighted by molar-refractivity contribution is 5.20. The Kier molecular flexibility index (Phi) is 2.90. The molecule has 0 bridgehead atoms. The summed E-state index contributed by atoms with van der Waals surface area (Å²) in [5, 5.41) is 3.58. The van der Waals surface area contributed by atoms with Crippen molar-refractivity contribution in [3.63, 3.8) is 0 Å². The van der Waals surface area contributed by atoms with Crippen molar-refractivity contribution in [3.05, 3.63) is 35.9 Å². The van der Waals surface area contributed by atoms with Crippen molar-refractivity contribution in [1.82, 2.24) is 5.32 Å². The zero-order chi connectivity index (χ0) is 11.7. The second-order valence-electron chi connectivity index (χ2n) is 4.99. The largest absolute Gasteiger partial charge is 0.347 e. The van der Waals surface area contributed by atoms with Gasteiger partial charge in [-0.25, -0.2) is 0 Å². The first kappa shape index (κ1) is 11.2. The highest BCUT2D eigenvalue weighted by Gasteiger charge is 2.46. The van der Waals surface area contributed by atoms with E-state index in [1.54, 1.807) is 0 Å². The van der Waals surface area contributed by atoms with Crippen molar-refractivity contribution in [3.8, 4) is 0 Å². The molecule has 17 heavy (non-hydrogen) atoms. The number of rotatable bonds is 1. The van der Waals surface area contributed by atoms with Crippen LogP contribution in [0.5, 0.6) is 0 Å². The molecule has 3 heteroatoms. The van der Waals surface area contributed by atoms with Gasteiger partial charge >= 0.3 is 0 Å². The molecule has 2 fully saturated rings. The Morgan fingerprint density at radius 2 is 1.88 bits per heavy atom. The van der Waals surface area contributed by atoms with Crippen molar-refractivity contribution in [1.29, 1.82) is 0 Å². The molecule has 0 radical (unpaired) electrons. The van der Waals surface area contributed by atoms with Crippen LogP contribution in [-0.4, -0.2) is 25.5 Å². The van der Waals surface area contributed by atoms with Gasteiger partial charge in [0.15, 0.2) is 5.79 Å². The van der Waals surface area contributed by atoms with Gasteiger partial charge in [0, 0.05) is 24.9 Å². The van der Waals surface area contributed by atoms with Gasteiger partial charge in [-0.05, 0) is 5.56 Å². The molecule has 1 spiro atoms. The summed E-state index contributed by atoms with van der Waals surface area (Å²) >= 11 is 0. The van der Waals surface area contributed by atoms with Crippen LogP contribution in [0.25, 0.3) is 0 Å². The maximum Gasteiger partial charge on any atom is 0.174 e. The maximum absolute atomic E-state index is 5.88. The predicted molar refractivity (Wildman–Crippen MR) is 65.6 cm³/mol. The van der Waals surface area contributed by atoms with Gasteiger partial charge in [0.25, 0.3) is 0 Å². The number of hydrogen-bond acceptors (Lipinski definition) is 3. The first-order valence-corrected chi connectivity index (χ1v) is 6.36. The molecule has 0 unspecified atom stereocenters. The summed E-state index contributed by atoms with van der Waals surface area (Å²) in [6, 6.07) is 10.9. The molecule has 2 aliphatic rings. The van der Waals surface area contributed by atoms with E-state index in [4.69, 9.17) is 9.47 Å². The lowest BCUT2D eigenvalue weighted by molar-refractivity contribution is -0.210. The van der Waals surface area contributed by atoms with Crippen LogP contribution in [0.2, 0.25) is 0 Å². The molecule has 0 amide bonds. The lowest BCUT2D eigenvalue weighted by Gasteiger charge is -2.42. The third-order valence-electron chi connectivity index (χ3n) is 3.89. The van der Waals surface area contributed by atoms with Gasteiger partial charge in [-0.2, -0.15) is 0 Å². The minimum Gasteiger partial charge on any atom is -0.347 e. The van der Waals surface area contributed by atoms with E-state index in [0.717, 1.165) is 26.2 Å². The van der Waals surface area contributed by atoms with Crippen LogP contribution in [0.4, 0.5) is 0 Å². The molecule has 92 valence electrons. The van der Waals surface area contributed by atoms with Crippen molar-refractivity contribution >= 4 is 0 Å². The molecular weight excluding hydrogens is 214 g/mol. The second kappa shape index (κ2) is 4.41. The molecule has 1 N–H and O–H groups in total. The third-order valence-corrected chi connectivity index (χ3v) is 3.89. The van der Waals surface area contributed by atoms with Crippen LogP contribution in [0.1, 0.15) is 24.9 Å². The van der Waals surface area contributed by atoms with Crippen molar-refractivity contribution in [2.45, 2.75) is 25.2 Å². The molecule has 2 heterocycles. The van der Waals surface area contributed by atoms with Crippen molar-refractivity contribution < 1.29 is 9.47 Å². The van der Waals surface area contributed by atoms with Crippen molar-refractivity contribution in [2.24, 2.45) is 5.92 Å². The lowest BCUT2D eigenvalue weighted by atomic mass is 9.86. The molecule has 2 aliphatic heterocycles. The number of ether oxygens (including phenoxy) is 2. The first-order chi connectivity index (χ1) is 8.30. The minimum absolute atomic E-state index is 0.338. The van der Waals surface area contributed by atoms with Crippen LogP contribution in [0.3, 0.4) is 0 Å². The van der Waals surface area contributed by atoms with E-state index in [-0.39, 0.29) is 5.79 Å². The molecule has 3 nitrogen and oxygen atoms in total. The predicted octanol–water partition coefficient (Wildman–Crippen LogP) is 2.10. The van der Waals surface area contributed by atoms with Crippen LogP contribution in [0.15, 0.2) is 30.3 Å². The average molecular weight is 233 g/mol. The number of hydrogen-bond donors (Lipinski definition) is 1. The smallest absolute Gasteiger partial charge is 0.174 e. The Balaban J connectivity index is 1.81. The molecule has 3 rings (SSSR count). The standard InChI is InChI=1S/C14H19NO2/c1-11-10-15-13(12-5-3-2-4-6-12)9-14(11)16-7-8-17-14/h2-6,11,13,15H,7-10H2,1H3/t11-,13-/m1/s1. The molecule has 0 saturated carbocycles. The highest BCUT2D eigenvalue weighted by atomic mass is 16.7. The monoisotopic (exact) mass is 233 g/mol. The molecule has 0 aromatic heterocycles. The van der Waals surface area contributed by atoms with E-state index in [0.29, 0.717) is 12.0 Å². The van der Waals surface area contributed by atoms with Crippen molar-refractivity contribution in [2.75, 3.05) is 19.8 Å². The normalized spacial score (nSPS) is 31.8. The van der Waals surface area contributed by atoms with Crippen LogP contribution in [0, 0.1) is 5.92 Å². The first-order valence-electron chi connectivity index (χ1n) is 6.36. The summed E-state index contributed by atoms with van der Waals surface area (Å²) in [4.78, 5) is 0. The van der Waals surface area contributed by atoms with Gasteiger partial charge in [-0.1, -0.05) is 37.3 Å². The molecule has 1 aromatic rings. The Labute approximate surface area is 102 Å². The zero-order valence-electron chi connectivity index (χ0n) is 10.2. The topological polar surface area (TPSA) is 30.5 Å². The molecular formula is C14H19NO2. The van der Waals surface area contributed by atoms with Gasteiger partial charge in [0.05, 0.1) is 13.2 Å². The Hall–Kier alpha value is -0.900. The van der Waals surface area contributed by atoms with Crippen LogP contribution >= 0.6 is 0 Å². The second-order valence-corrected chi connectivity index (χ2v) is 4.99. The van der Waals surface area contributed by atoms with Gasteiger partial charge in [0.1, 0.15) is 0 Å². The maximum atomic E-state index is 5.88. The fraction of sp³-hybridized carbons (Fsp3) is 0.571. The van der Waals surface area contributed by atoms with E-state index < -0.39 is 0 Å².